The van der Waals surface area contributed by atoms with Crippen LogP contribution in [0.3, 0.4) is 0 Å². The summed E-state index contributed by atoms with van der Waals surface area (Å²) in [7, 11) is 1.66. The average Bonchev–Trinajstić information content (AvgIpc) is 2.99. The lowest BCUT2D eigenvalue weighted by atomic mass is 10.1. The highest BCUT2D eigenvalue weighted by molar-refractivity contribution is 8.13. The Morgan fingerprint density at radius 1 is 1.23 bits per heavy atom. The minimum Gasteiger partial charge on any atom is -0.444 e. The van der Waals surface area contributed by atoms with Crippen LogP contribution in [0.15, 0.2) is 18.3 Å². The lowest BCUT2D eigenvalue weighted by Crippen LogP contribution is -2.50. The maximum absolute atomic E-state index is 12.2. The van der Waals surface area contributed by atoms with Crippen LogP contribution in [-0.4, -0.2) is 74.4 Å². The smallest absolute Gasteiger partial charge is 0.410 e. The van der Waals surface area contributed by atoms with Crippen molar-refractivity contribution in [1.82, 2.24) is 9.88 Å². The third-order valence-electron chi connectivity index (χ3n) is 4.95. The first-order valence-electron chi connectivity index (χ1n) is 9.83. The van der Waals surface area contributed by atoms with Gasteiger partial charge in [0.2, 0.25) is 15.0 Å². The van der Waals surface area contributed by atoms with Gasteiger partial charge in [0.25, 0.3) is 0 Å². The summed E-state index contributed by atoms with van der Waals surface area (Å²) in [5.74, 6) is -0.226. The van der Waals surface area contributed by atoms with E-state index in [0.717, 1.165) is 5.69 Å². The largest absolute Gasteiger partial charge is 0.444 e. The second kappa shape index (κ2) is 8.58. The minimum atomic E-state index is -3.65. The number of anilines is 2. The van der Waals surface area contributed by atoms with Gasteiger partial charge in [0.05, 0.1) is 17.6 Å². The van der Waals surface area contributed by atoms with Crippen LogP contribution in [0.4, 0.5) is 16.3 Å². The Labute approximate surface area is 181 Å². The Bertz CT molecular complexity index is 892. The number of carbonyl (C=O) groups excluding carboxylic acids is 2. The normalized spacial score (nSPS) is 20.6. The van der Waals surface area contributed by atoms with Crippen molar-refractivity contribution in [2.45, 2.75) is 32.8 Å². The van der Waals surface area contributed by atoms with Crippen molar-refractivity contribution in [3.8, 4) is 0 Å². The van der Waals surface area contributed by atoms with E-state index in [1.807, 2.05) is 26.8 Å². The van der Waals surface area contributed by atoms with E-state index in [-0.39, 0.29) is 36.6 Å². The van der Waals surface area contributed by atoms with Gasteiger partial charge in [0.15, 0.2) is 0 Å². The van der Waals surface area contributed by atoms with Gasteiger partial charge in [-0.05, 0) is 32.9 Å². The molecule has 0 aromatic carbocycles. The van der Waals surface area contributed by atoms with E-state index in [4.69, 9.17) is 15.4 Å². The topological polar surface area (TPSA) is 100 Å². The zero-order valence-electron chi connectivity index (χ0n) is 17.4. The van der Waals surface area contributed by atoms with E-state index in [1.165, 1.54) is 4.90 Å². The summed E-state index contributed by atoms with van der Waals surface area (Å²) in [6, 6.07) is 3.63. The van der Waals surface area contributed by atoms with Gasteiger partial charge in [-0.2, -0.15) is 0 Å². The molecular weight excluding hydrogens is 432 g/mol. The SMILES string of the molecule is CC(C)(C)OC(=O)N1CCN(c2ccc(N3CC(CS(=O)(=O)Cl)CC3=O)nc2)CC1. The molecule has 1 atom stereocenters. The molecule has 9 nitrogen and oxygen atoms in total. The Kier molecular flexibility index (Phi) is 6.47. The van der Waals surface area contributed by atoms with E-state index in [0.29, 0.717) is 32.0 Å². The molecule has 2 aliphatic heterocycles. The Balaban J connectivity index is 1.57. The summed E-state index contributed by atoms with van der Waals surface area (Å²) in [4.78, 5) is 34.1. The Morgan fingerprint density at radius 3 is 2.43 bits per heavy atom. The predicted octanol–water partition coefficient (Wildman–Crippen LogP) is 2.06. The molecule has 2 amide bonds. The quantitative estimate of drug-likeness (QED) is 0.636. The van der Waals surface area contributed by atoms with Crippen LogP contribution >= 0.6 is 10.7 Å². The van der Waals surface area contributed by atoms with Crippen molar-refractivity contribution in [3.63, 3.8) is 0 Å². The van der Waals surface area contributed by atoms with E-state index in [1.54, 1.807) is 17.2 Å². The average molecular weight is 459 g/mol. The van der Waals surface area contributed by atoms with Crippen LogP contribution in [0.25, 0.3) is 0 Å². The fraction of sp³-hybridized carbons (Fsp3) is 0.632. The molecule has 1 aromatic rings. The van der Waals surface area contributed by atoms with Crippen LogP contribution < -0.4 is 9.80 Å². The monoisotopic (exact) mass is 458 g/mol. The first kappa shape index (κ1) is 22.6. The number of piperazine rings is 1. The van der Waals surface area contributed by atoms with Crippen molar-refractivity contribution in [2.75, 3.05) is 48.3 Å². The lowest BCUT2D eigenvalue weighted by Gasteiger charge is -2.36. The summed E-state index contributed by atoms with van der Waals surface area (Å²) >= 11 is 0. The summed E-state index contributed by atoms with van der Waals surface area (Å²) < 4.78 is 28.0. The van der Waals surface area contributed by atoms with Crippen molar-refractivity contribution in [1.29, 1.82) is 0 Å². The van der Waals surface area contributed by atoms with E-state index >= 15 is 0 Å². The van der Waals surface area contributed by atoms with E-state index in [9.17, 15) is 18.0 Å². The molecule has 1 unspecified atom stereocenters. The molecule has 3 rings (SSSR count). The van der Waals surface area contributed by atoms with Crippen LogP contribution in [0.2, 0.25) is 0 Å². The van der Waals surface area contributed by atoms with E-state index in [2.05, 4.69) is 9.88 Å². The highest BCUT2D eigenvalue weighted by Crippen LogP contribution is 2.27. The van der Waals surface area contributed by atoms with Crippen molar-refractivity contribution in [3.05, 3.63) is 18.3 Å². The molecule has 0 radical (unpaired) electrons. The number of carbonyl (C=O) groups is 2. The third kappa shape index (κ3) is 5.98. The number of aromatic nitrogens is 1. The van der Waals surface area contributed by atoms with Gasteiger partial charge < -0.3 is 14.5 Å². The van der Waals surface area contributed by atoms with Crippen LogP contribution in [0, 0.1) is 5.92 Å². The Morgan fingerprint density at radius 2 is 1.90 bits per heavy atom. The lowest BCUT2D eigenvalue weighted by molar-refractivity contribution is -0.117. The fourth-order valence-electron chi connectivity index (χ4n) is 3.59. The van der Waals surface area contributed by atoms with Gasteiger partial charge in [-0.15, -0.1) is 0 Å². The van der Waals surface area contributed by atoms with Gasteiger partial charge in [-0.1, -0.05) is 0 Å². The number of hydrogen-bond acceptors (Lipinski definition) is 7. The summed E-state index contributed by atoms with van der Waals surface area (Å²) in [5.41, 5.74) is 0.377. The number of nitrogens with zero attached hydrogens (tertiary/aromatic N) is 4. The molecule has 166 valence electrons. The maximum atomic E-state index is 12.2. The van der Waals surface area contributed by atoms with Gasteiger partial charge in [0.1, 0.15) is 11.4 Å². The van der Waals surface area contributed by atoms with Gasteiger partial charge in [0, 0.05) is 55.7 Å². The zero-order chi connectivity index (χ0) is 22.1. The molecule has 0 saturated carbocycles. The molecular formula is C19H27ClN4O5S. The molecule has 1 aromatic heterocycles. The molecule has 2 saturated heterocycles. The minimum absolute atomic E-state index is 0.141. The fourth-order valence-corrected chi connectivity index (χ4v) is 4.92. The first-order chi connectivity index (χ1) is 13.9. The number of rotatable bonds is 4. The Hall–Kier alpha value is -2.07. The number of hydrogen-bond donors (Lipinski definition) is 0. The molecule has 11 heteroatoms. The van der Waals surface area contributed by atoms with Crippen molar-refractivity contribution >= 4 is 43.2 Å². The molecule has 3 heterocycles. The number of halogens is 1. The highest BCUT2D eigenvalue weighted by atomic mass is 35.7. The summed E-state index contributed by atoms with van der Waals surface area (Å²) in [5, 5.41) is 0. The van der Waals surface area contributed by atoms with Crippen molar-refractivity contribution < 1.29 is 22.7 Å². The highest BCUT2D eigenvalue weighted by Gasteiger charge is 2.34. The van der Waals surface area contributed by atoms with Crippen LogP contribution in [-0.2, 0) is 18.6 Å². The second-order valence-electron chi connectivity index (χ2n) is 8.61. The van der Waals surface area contributed by atoms with Crippen LogP contribution in [0.1, 0.15) is 27.2 Å². The van der Waals surface area contributed by atoms with Gasteiger partial charge in [-0.3, -0.25) is 9.69 Å². The number of amides is 2. The predicted molar refractivity (Wildman–Crippen MR) is 114 cm³/mol. The molecule has 0 aliphatic carbocycles. The number of ether oxygens (including phenoxy) is 1. The van der Waals surface area contributed by atoms with Gasteiger partial charge in [-0.25, -0.2) is 18.2 Å². The third-order valence-corrected chi connectivity index (χ3v) is 6.19. The van der Waals surface area contributed by atoms with E-state index < -0.39 is 14.7 Å². The van der Waals surface area contributed by atoms with Crippen LogP contribution in [0.5, 0.6) is 0 Å². The first-order valence-corrected chi connectivity index (χ1v) is 12.3. The molecule has 0 spiro atoms. The summed E-state index contributed by atoms with van der Waals surface area (Å²) in [6.45, 7) is 8.22. The van der Waals surface area contributed by atoms with Gasteiger partial charge >= 0.3 is 6.09 Å². The molecule has 2 fully saturated rings. The number of pyridine rings is 1. The molecule has 2 aliphatic rings. The summed E-state index contributed by atoms with van der Waals surface area (Å²) in [6.07, 6.45) is 1.52. The molecule has 30 heavy (non-hydrogen) atoms. The molecule has 0 bridgehead atoms. The zero-order valence-corrected chi connectivity index (χ0v) is 18.9. The maximum Gasteiger partial charge on any atom is 0.410 e. The standard InChI is InChI=1S/C19H27ClN4O5S/c1-19(2,3)29-18(26)23-8-6-22(7-9-23)15-4-5-16(21-11-15)24-12-14(10-17(24)25)13-30(20,27)28/h4-5,11,14H,6-10,12-13H2,1-3H3. The molecule has 0 N–H and O–H groups in total. The second-order valence-corrected chi connectivity index (χ2v) is 11.4. The van der Waals surface area contributed by atoms with Crippen molar-refractivity contribution in [2.24, 2.45) is 5.92 Å².